The summed E-state index contributed by atoms with van der Waals surface area (Å²) >= 11 is 0. The number of hydrogen-bond acceptors (Lipinski definition) is 5. The van der Waals surface area contributed by atoms with Crippen molar-refractivity contribution in [3.63, 3.8) is 0 Å². The zero-order valence-electron chi connectivity index (χ0n) is 15.8. The average Bonchev–Trinajstić information content (AvgIpc) is 2.68. The van der Waals surface area contributed by atoms with Crippen LogP contribution in [0.1, 0.15) is 27.0 Å². The molecule has 0 atom stereocenters. The highest BCUT2D eigenvalue weighted by molar-refractivity contribution is 6.25. The summed E-state index contributed by atoms with van der Waals surface area (Å²) in [5, 5.41) is 16.1. The third-order valence-corrected chi connectivity index (χ3v) is 4.27. The van der Waals surface area contributed by atoms with E-state index in [9.17, 15) is 27.6 Å². The molecule has 0 saturated heterocycles. The molecule has 0 bridgehead atoms. The van der Waals surface area contributed by atoms with Crippen LogP contribution in [0.2, 0.25) is 0 Å². The molecule has 0 radical (unpaired) electrons. The minimum absolute atomic E-state index is 0.0175. The molecule has 0 fully saturated rings. The van der Waals surface area contributed by atoms with Crippen molar-refractivity contribution in [1.82, 2.24) is 0 Å². The molecule has 7 nitrogen and oxygen atoms in total. The molecule has 0 amide bonds. The van der Waals surface area contributed by atoms with Crippen molar-refractivity contribution in [3.8, 4) is 0 Å². The minimum Gasteiger partial charge on any atom is -0.478 e. The Labute approximate surface area is 173 Å². The molecule has 162 valence electrons. The Bertz CT molecular complexity index is 1090. The van der Waals surface area contributed by atoms with Crippen LogP contribution in [0.5, 0.6) is 0 Å². The van der Waals surface area contributed by atoms with Gasteiger partial charge in [-0.25, -0.2) is 9.59 Å². The lowest BCUT2D eigenvalue weighted by atomic mass is 9.87. The van der Waals surface area contributed by atoms with E-state index in [-0.39, 0.29) is 35.5 Å². The molecule has 31 heavy (non-hydrogen) atoms. The number of nitrogen functional groups attached to an aromatic ring is 1. The second-order valence-corrected chi connectivity index (χ2v) is 6.48. The van der Waals surface area contributed by atoms with E-state index in [1.807, 2.05) is 6.07 Å². The van der Waals surface area contributed by atoms with E-state index in [4.69, 9.17) is 20.7 Å². The van der Waals surface area contributed by atoms with Gasteiger partial charge >= 0.3 is 18.1 Å². The fraction of sp³-hybridized carbons (Fsp3) is 0.143. The average molecular weight is 435 g/mol. The number of hydrogen-bond donors (Lipinski definition) is 3. The molecular weight excluding hydrogens is 419 g/mol. The Morgan fingerprint density at radius 2 is 1.65 bits per heavy atom. The number of carbonyl (C=O) groups is 4. The molecular formula is C21H16F3NO6. The first-order chi connectivity index (χ1) is 14.4. The van der Waals surface area contributed by atoms with Crippen LogP contribution in [0.25, 0.3) is 6.08 Å². The maximum Gasteiger partial charge on any atom is 0.490 e. The molecule has 0 heterocycles. The second kappa shape index (κ2) is 9.24. The van der Waals surface area contributed by atoms with E-state index >= 15 is 0 Å². The number of aromatic carboxylic acids is 1. The first-order valence-electron chi connectivity index (χ1n) is 8.68. The van der Waals surface area contributed by atoms with Crippen molar-refractivity contribution in [2.45, 2.75) is 19.0 Å². The SMILES string of the molecule is Nc1cccc2c1CC(=O)C(C(=O)Cc1cccc(C(=O)O)c1)=C2.O=C(O)C(F)(F)F. The number of carbonyl (C=O) groups excluding carboxylic acids is 2. The number of anilines is 1. The molecule has 10 heteroatoms. The highest BCUT2D eigenvalue weighted by Gasteiger charge is 2.38. The monoisotopic (exact) mass is 435 g/mol. The lowest BCUT2D eigenvalue weighted by Crippen LogP contribution is -2.21. The Kier molecular flexibility index (Phi) is 6.96. The number of fused-ring (bicyclic) bond motifs is 1. The summed E-state index contributed by atoms with van der Waals surface area (Å²) in [6.45, 7) is 0. The highest BCUT2D eigenvalue weighted by atomic mass is 19.4. The molecule has 4 N–H and O–H groups in total. The minimum atomic E-state index is -5.08. The molecule has 3 rings (SSSR count). The van der Waals surface area contributed by atoms with Gasteiger partial charge in [0.05, 0.1) is 11.1 Å². The van der Waals surface area contributed by atoms with E-state index in [0.29, 0.717) is 11.3 Å². The zero-order valence-corrected chi connectivity index (χ0v) is 15.8. The van der Waals surface area contributed by atoms with Gasteiger partial charge in [-0.2, -0.15) is 13.2 Å². The summed E-state index contributed by atoms with van der Waals surface area (Å²) < 4.78 is 31.7. The van der Waals surface area contributed by atoms with Gasteiger partial charge in [-0.3, -0.25) is 9.59 Å². The van der Waals surface area contributed by atoms with Crippen LogP contribution in [0, 0.1) is 0 Å². The normalized spacial score (nSPS) is 12.7. The fourth-order valence-corrected chi connectivity index (χ4v) is 2.79. The van der Waals surface area contributed by atoms with Gasteiger partial charge in [-0.1, -0.05) is 24.3 Å². The van der Waals surface area contributed by atoms with Crippen LogP contribution in [0.3, 0.4) is 0 Å². The van der Waals surface area contributed by atoms with Gasteiger partial charge in [0.1, 0.15) is 0 Å². The smallest absolute Gasteiger partial charge is 0.478 e. The number of allylic oxidation sites excluding steroid dienone is 1. The summed E-state index contributed by atoms with van der Waals surface area (Å²) in [6.07, 6.45) is -3.42. The number of benzene rings is 2. The van der Waals surface area contributed by atoms with Crippen molar-refractivity contribution >= 4 is 35.3 Å². The van der Waals surface area contributed by atoms with Crippen molar-refractivity contribution in [2.24, 2.45) is 0 Å². The van der Waals surface area contributed by atoms with E-state index in [2.05, 4.69) is 0 Å². The quantitative estimate of drug-likeness (QED) is 0.496. The summed E-state index contributed by atoms with van der Waals surface area (Å²) in [7, 11) is 0. The van der Waals surface area contributed by atoms with Crippen molar-refractivity contribution in [1.29, 1.82) is 0 Å². The van der Waals surface area contributed by atoms with Gasteiger partial charge in [0.15, 0.2) is 11.6 Å². The number of aliphatic carboxylic acids is 1. The molecule has 2 aromatic rings. The number of halogens is 3. The molecule has 2 aromatic carbocycles. The Balaban J connectivity index is 0.000000423. The van der Waals surface area contributed by atoms with Gasteiger partial charge < -0.3 is 15.9 Å². The van der Waals surface area contributed by atoms with E-state index in [1.54, 1.807) is 30.3 Å². The Morgan fingerprint density at radius 3 is 2.23 bits per heavy atom. The van der Waals surface area contributed by atoms with Gasteiger partial charge in [-0.05, 0) is 41.0 Å². The third kappa shape index (κ3) is 6.01. The molecule has 0 unspecified atom stereocenters. The summed E-state index contributed by atoms with van der Waals surface area (Å²) in [5.41, 5.74) is 8.74. The van der Waals surface area contributed by atoms with E-state index < -0.39 is 18.1 Å². The number of Topliss-reactive ketones (excluding diaryl/α,β-unsaturated/α-hetero) is 2. The molecule has 0 saturated carbocycles. The predicted octanol–water partition coefficient (Wildman–Crippen LogP) is 2.92. The maximum absolute atomic E-state index is 12.5. The maximum atomic E-state index is 12.5. The summed E-state index contributed by atoms with van der Waals surface area (Å²) in [4.78, 5) is 44.7. The number of carboxylic acid groups (broad SMARTS) is 2. The first-order valence-corrected chi connectivity index (χ1v) is 8.68. The van der Waals surface area contributed by atoms with Gasteiger partial charge in [0, 0.05) is 18.5 Å². The van der Waals surface area contributed by atoms with E-state index in [1.165, 1.54) is 12.1 Å². The molecule has 1 aliphatic rings. The van der Waals surface area contributed by atoms with Crippen molar-refractivity contribution in [3.05, 3.63) is 70.3 Å². The summed E-state index contributed by atoms with van der Waals surface area (Å²) in [5.74, 6) is -4.40. The van der Waals surface area contributed by atoms with Crippen LogP contribution in [0.15, 0.2) is 48.0 Å². The topological polar surface area (TPSA) is 135 Å². The van der Waals surface area contributed by atoms with Crippen LogP contribution >= 0.6 is 0 Å². The van der Waals surface area contributed by atoms with Crippen LogP contribution < -0.4 is 5.73 Å². The zero-order chi connectivity index (χ0) is 23.3. The molecule has 0 aromatic heterocycles. The van der Waals surface area contributed by atoms with Gasteiger partial charge in [0.2, 0.25) is 0 Å². The predicted molar refractivity (Wildman–Crippen MR) is 103 cm³/mol. The van der Waals surface area contributed by atoms with Gasteiger partial charge in [-0.15, -0.1) is 0 Å². The van der Waals surface area contributed by atoms with Crippen LogP contribution in [-0.4, -0.2) is 39.9 Å². The summed E-state index contributed by atoms with van der Waals surface area (Å²) in [6, 6.07) is 11.5. The molecule has 0 aliphatic heterocycles. The number of ketones is 2. The largest absolute Gasteiger partial charge is 0.490 e. The molecule has 0 spiro atoms. The van der Waals surface area contributed by atoms with Crippen LogP contribution in [0.4, 0.5) is 18.9 Å². The fourth-order valence-electron chi connectivity index (χ4n) is 2.79. The van der Waals surface area contributed by atoms with E-state index in [0.717, 1.165) is 11.1 Å². The lowest BCUT2D eigenvalue weighted by molar-refractivity contribution is -0.192. The van der Waals surface area contributed by atoms with Crippen molar-refractivity contribution in [2.75, 3.05) is 5.73 Å². The second-order valence-electron chi connectivity index (χ2n) is 6.48. The first kappa shape index (κ1) is 23.3. The number of alkyl halides is 3. The van der Waals surface area contributed by atoms with Crippen LogP contribution in [-0.2, 0) is 27.2 Å². The number of rotatable bonds is 4. The van der Waals surface area contributed by atoms with Gasteiger partial charge in [0.25, 0.3) is 0 Å². The molecule has 1 aliphatic carbocycles. The standard InChI is InChI=1S/C19H15NO4.C2HF3O2/c20-16-6-2-4-12-9-15(18(22)10-14(12)16)17(21)8-11-3-1-5-13(7-11)19(23)24;3-2(4,5)1(6)7/h1-7,9H,8,10,20H2,(H,23,24);(H,6,7). The highest BCUT2D eigenvalue weighted by Crippen LogP contribution is 2.27. The Morgan fingerprint density at radius 1 is 1.03 bits per heavy atom. The van der Waals surface area contributed by atoms with Crippen molar-refractivity contribution < 1.29 is 42.6 Å². The Hall–Kier alpha value is -3.95. The number of carboxylic acids is 2. The number of nitrogens with two attached hydrogens (primary N) is 1. The third-order valence-electron chi connectivity index (χ3n) is 4.27. The lowest BCUT2D eigenvalue weighted by Gasteiger charge is -2.16.